The molecule has 0 spiro atoms. The minimum absolute atomic E-state index is 0.0917. The van der Waals surface area contributed by atoms with Gasteiger partial charge in [-0.15, -0.1) is 10.2 Å². The SMILES string of the molecule is CN(C)S(=O)(=O)N(C)C1CN(c2ccc(-c3ccc(F)cc3)nn2)C1. The molecule has 0 radical (unpaired) electrons. The first-order chi connectivity index (χ1) is 11.8. The third-order valence-corrected chi connectivity index (χ3v) is 6.27. The summed E-state index contributed by atoms with van der Waals surface area (Å²) in [5, 5.41) is 8.37. The molecule has 2 heterocycles. The Hall–Kier alpha value is -2.10. The normalized spacial score (nSPS) is 15.7. The van der Waals surface area contributed by atoms with E-state index in [0.29, 0.717) is 24.6 Å². The molecule has 0 unspecified atom stereocenters. The highest BCUT2D eigenvalue weighted by Gasteiger charge is 2.37. The fourth-order valence-electron chi connectivity index (χ4n) is 2.59. The number of likely N-dealkylation sites (N-methyl/N-ethyl adjacent to an activating group) is 1. The van der Waals surface area contributed by atoms with Gasteiger partial charge in [0.1, 0.15) is 5.82 Å². The molecule has 1 aliphatic heterocycles. The summed E-state index contributed by atoms with van der Waals surface area (Å²) < 4.78 is 39.8. The van der Waals surface area contributed by atoms with Crippen LogP contribution in [0.4, 0.5) is 10.2 Å². The second-order valence-electron chi connectivity index (χ2n) is 6.15. The molecule has 2 aromatic rings. The van der Waals surface area contributed by atoms with Crippen molar-refractivity contribution in [3.63, 3.8) is 0 Å². The first-order valence-corrected chi connectivity index (χ1v) is 9.19. The zero-order valence-electron chi connectivity index (χ0n) is 14.3. The lowest BCUT2D eigenvalue weighted by Gasteiger charge is -2.44. The van der Waals surface area contributed by atoms with Crippen LogP contribution < -0.4 is 4.90 Å². The number of halogens is 1. The van der Waals surface area contributed by atoms with E-state index in [4.69, 9.17) is 0 Å². The van der Waals surface area contributed by atoms with Crippen LogP contribution in [0.3, 0.4) is 0 Å². The molecule has 0 atom stereocenters. The molecule has 134 valence electrons. The molecule has 1 saturated heterocycles. The van der Waals surface area contributed by atoms with Crippen LogP contribution in [0.5, 0.6) is 0 Å². The van der Waals surface area contributed by atoms with Crippen molar-refractivity contribution < 1.29 is 12.8 Å². The summed E-state index contributed by atoms with van der Waals surface area (Å²) in [5.74, 6) is 0.398. The summed E-state index contributed by atoms with van der Waals surface area (Å²) in [4.78, 5) is 1.97. The standard InChI is InChI=1S/C16H20FN5O2S/c1-20(2)25(23,24)21(3)14-10-22(11-14)16-9-8-15(18-19-16)12-4-6-13(17)7-5-12/h4-9,14H,10-11H2,1-3H3. The zero-order valence-corrected chi connectivity index (χ0v) is 15.1. The molecule has 7 nitrogen and oxygen atoms in total. The van der Waals surface area contributed by atoms with Crippen LogP contribution >= 0.6 is 0 Å². The summed E-state index contributed by atoms with van der Waals surface area (Å²) in [5.41, 5.74) is 1.45. The molecule has 1 aromatic heterocycles. The Labute approximate surface area is 146 Å². The van der Waals surface area contributed by atoms with Crippen molar-refractivity contribution in [2.24, 2.45) is 0 Å². The number of anilines is 1. The summed E-state index contributed by atoms with van der Waals surface area (Å²) in [6, 6.07) is 9.63. The zero-order chi connectivity index (χ0) is 18.2. The van der Waals surface area contributed by atoms with E-state index in [9.17, 15) is 12.8 Å². The van der Waals surface area contributed by atoms with E-state index in [1.54, 1.807) is 19.2 Å². The summed E-state index contributed by atoms with van der Waals surface area (Å²) in [7, 11) is 1.20. The van der Waals surface area contributed by atoms with E-state index in [1.165, 1.54) is 34.8 Å². The molecule has 0 amide bonds. The van der Waals surface area contributed by atoms with Crippen molar-refractivity contribution in [3.05, 3.63) is 42.2 Å². The lowest BCUT2D eigenvalue weighted by atomic mass is 10.1. The first kappa shape index (κ1) is 17.7. The van der Waals surface area contributed by atoms with Crippen molar-refractivity contribution in [1.29, 1.82) is 0 Å². The number of aromatic nitrogens is 2. The van der Waals surface area contributed by atoms with Gasteiger partial charge in [0.2, 0.25) is 0 Å². The van der Waals surface area contributed by atoms with Gasteiger partial charge in [-0.1, -0.05) is 0 Å². The summed E-state index contributed by atoms with van der Waals surface area (Å²) in [6.45, 7) is 1.13. The predicted octanol–water partition coefficient (Wildman–Crippen LogP) is 1.21. The summed E-state index contributed by atoms with van der Waals surface area (Å²) in [6.07, 6.45) is 0. The fourth-order valence-corrected chi connectivity index (χ4v) is 3.61. The van der Waals surface area contributed by atoms with Gasteiger partial charge in [0.15, 0.2) is 5.82 Å². The van der Waals surface area contributed by atoms with Crippen LogP contribution in [0.2, 0.25) is 0 Å². The minimum Gasteiger partial charge on any atom is -0.352 e. The van der Waals surface area contributed by atoms with E-state index in [0.717, 1.165) is 5.56 Å². The van der Waals surface area contributed by atoms with Crippen molar-refractivity contribution in [1.82, 2.24) is 18.8 Å². The van der Waals surface area contributed by atoms with Gasteiger partial charge in [-0.2, -0.15) is 17.0 Å². The monoisotopic (exact) mass is 365 g/mol. The van der Waals surface area contributed by atoms with Gasteiger partial charge < -0.3 is 4.90 Å². The van der Waals surface area contributed by atoms with E-state index in [-0.39, 0.29) is 11.9 Å². The quantitative estimate of drug-likeness (QED) is 0.797. The molecule has 3 rings (SSSR count). The average Bonchev–Trinajstić information content (AvgIpc) is 2.54. The molecule has 0 saturated carbocycles. The van der Waals surface area contributed by atoms with Crippen molar-refractivity contribution >= 4 is 16.0 Å². The predicted molar refractivity (Wildman–Crippen MR) is 93.8 cm³/mol. The van der Waals surface area contributed by atoms with Crippen molar-refractivity contribution in [3.8, 4) is 11.3 Å². The second-order valence-corrected chi connectivity index (χ2v) is 8.35. The van der Waals surface area contributed by atoms with Crippen LogP contribution in [0.15, 0.2) is 36.4 Å². The highest BCUT2D eigenvalue weighted by Crippen LogP contribution is 2.24. The van der Waals surface area contributed by atoms with E-state index >= 15 is 0 Å². The molecule has 9 heteroatoms. The third kappa shape index (κ3) is 3.48. The van der Waals surface area contributed by atoms with Crippen LogP contribution in [-0.4, -0.2) is 67.5 Å². The maximum absolute atomic E-state index is 13.0. The molecular formula is C16H20FN5O2S. The highest BCUT2D eigenvalue weighted by molar-refractivity contribution is 7.86. The van der Waals surface area contributed by atoms with Crippen LogP contribution in [0.1, 0.15) is 0 Å². The number of hydrogen-bond acceptors (Lipinski definition) is 5. The van der Waals surface area contributed by atoms with Gasteiger partial charge in [0, 0.05) is 39.8 Å². The van der Waals surface area contributed by atoms with Gasteiger partial charge in [0.05, 0.1) is 11.7 Å². The smallest absolute Gasteiger partial charge is 0.281 e. The number of hydrogen-bond donors (Lipinski definition) is 0. The van der Waals surface area contributed by atoms with E-state index in [2.05, 4.69) is 10.2 Å². The van der Waals surface area contributed by atoms with E-state index in [1.807, 2.05) is 17.0 Å². The highest BCUT2D eigenvalue weighted by atomic mass is 32.2. The first-order valence-electron chi connectivity index (χ1n) is 7.79. The van der Waals surface area contributed by atoms with Gasteiger partial charge in [-0.3, -0.25) is 0 Å². The molecule has 1 fully saturated rings. The Morgan fingerprint density at radius 3 is 2.20 bits per heavy atom. The minimum atomic E-state index is -3.42. The molecule has 0 N–H and O–H groups in total. The number of nitrogens with zero attached hydrogens (tertiary/aromatic N) is 5. The van der Waals surface area contributed by atoms with Crippen LogP contribution in [0, 0.1) is 5.82 Å². The van der Waals surface area contributed by atoms with Crippen molar-refractivity contribution in [2.75, 3.05) is 39.1 Å². The maximum Gasteiger partial charge on any atom is 0.281 e. The molecule has 25 heavy (non-hydrogen) atoms. The Balaban J connectivity index is 1.65. The number of rotatable bonds is 5. The average molecular weight is 365 g/mol. The maximum atomic E-state index is 13.0. The second kappa shape index (κ2) is 6.66. The van der Waals surface area contributed by atoms with Crippen LogP contribution in [-0.2, 0) is 10.2 Å². The van der Waals surface area contributed by atoms with Gasteiger partial charge >= 0.3 is 0 Å². The molecule has 0 aliphatic carbocycles. The van der Waals surface area contributed by atoms with Crippen molar-refractivity contribution in [2.45, 2.75) is 6.04 Å². The molecule has 0 bridgehead atoms. The molecular weight excluding hydrogens is 345 g/mol. The Kier molecular flexibility index (Phi) is 4.72. The Bertz CT molecular complexity index is 834. The third-order valence-electron chi connectivity index (χ3n) is 4.32. The lowest BCUT2D eigenvalue weighted by molar-refractivity contribution is 0.293. The summed E-state index contributed by atoms with van der Waals surface area (Å²) >= 11 is 0. The van der Waals surface area contributed by atoms with Gasteiger partial charge in [0.25, 0.3) is 10.2 Å². The largest absolute Gasteiger partial charge is 0.352 e. The topological polar surface area (TPSA) is 69.6 Å². The van der Waals surface area contributed by atoms with E-state index < -0.39 is 10.2 Å². The van der Waals surface area contributed by atoms with Gasteiger partial charge in [-0.25, -0.2) is 4.39 Å². The molecule has 1 aliphatic rings. The van der Waals surface area contributed by atoms with Gasteiger partial charge in [-0.05, 0) is 36.4 Å². The lowest BCUT2D eigenvalue weighted by Crippen LogP contribution is -2.61. The molecule has 1 aromatic carbocycles. The number of benzene rings is 1. The Morgan fingerprint density at radius 1 is 1.04 bits per heavy atom. The fraction of sp³-hybridized carbons (Fsp3) is 0.375. The Morgan fingerprint density at radius 2 is 1.68 bits per heavy atom. The van der Waals surface area contributed by atoms with Crippen LogP contribution in [0.25, 0.3) is 11.3 Å².